The van der Waals surface area contributed by atoms with Gasteiger partial charge in [0.2, 0.25) is 0 Å². The molecule has 0 aliphatic carbocycles. The number of nitrogens with zero attached hydrogens (tertiary/aromatic N) is 2. The van der Waals surface area contributed by atoms with Gasteiger partial charge >= 0.3 is 11.9 Å². The van der Waals surface area contributed by atoms with Crippen molar-refractivity contribution < 1.29 is 37.0 Å². The van der Waals surface area contributed by atoms with Crippen molar-refractivity contribution in [2.75, 3.05) is 38.1 Å². The summed E-state index contributed by atoms with van der Waals surface area (Å²) >= 11 is 0. The molecule has 0 bridgehead atoms. The van der Waals surface area contributed by atoms with Gasteiger partial charge in [-0.1, -0.05) is 48.5 Å². The van der Waals surface area contributed by atoms with Crippen LogP contribution in [-0.2, 0) is 29.1 Å². The maximum atomic E-state index is 13.4. The number of carbonyl (C=O) groups excluding carboxylic acids is 2. The molecule has 3 aromatic carbocycles. The number of allylic oxidation sites excluding steroid dienone is 1. The fourth-order valence-corrected chi connectivity index (χ4v) is 5.94. The minimum Gasteiger partial charge on any atom is -0.495 e. The lowest BCUT2D eigenvalue weighted by Crippen LogP contribution is -2.41. The third-order valence-electron chi connectivity index (χ3n) is 6.63. The second-order valence-corrected chi connectivity index (χ2v) is 10.6. The number of nitrogens with two attached hydrogens (primary N) is 1. The number of carbonyl (C=O) groups is 2. The lowest BCUT2D eigenvalue weighted by molar-refractivity contribution is -0.139. The standard InChI is InChI=1S/C30H28N4O8S/c1-39-22-16-24(43(37,38)33-19-13-9-6-10-14-19)23(40-2)15-21(22)34-27(30(36)42-4)26(29(35)41-3)25(20(17-31)28(34)32)18-11-7-5-8-12-18/h5-16,25,33H,32H2,1-4H3. The van der Waals surface area contributed by atoms with Gasteiger partial charge < -0.3 is 24.7 Å². The van der Waals surface area contributed by atoms with E-state index in [-0.39, 0.29) is 44.7 Å². The Morgan fingerprint density at radius 2 is 1.47 bits per heavy atom. The summed E-state index contributed by atoms with van der Waals surface area (Å²) in [5, 5.41) is 10.3. The molecule has 0 amide bonds. The molecule has 0 radical (unpaired) electrons. The van der Waals surface area contributed by atoms with Crippen LogP contribution in [0.2, 0.25) is 0 Å². The second-order valence-electron chi connectivity index (χ2n) is 8.98. The molecule has 12 nitrogen and oxygen atoms in total. The number of rotatable bonds is 9. The van der Waals surface area contributed by atoms with Crippen LogP contribution in [0.1, 0.15) is 11.5 Å². The topological polar surface area (TPSA) is 170 Å². The Morgan fingerprint density at radius 3 is 2.00 bits per heavy atom. The Balaban J connectivity index is 2.03. The van der Waals surface area contributed by atoms with Crippen molar-refractivity contribution in [2.24, 2.45) is 5.73 Å². The van der Waals surface area contributed by atoms with Crippen LogP contribution >= 0.6 is 0 Å². The van der Waals surface area contributed by atoms with Crippen molar-refractivity contribution in [1.82, 2.24) is 0 Å². The first-order chi connectivity index (χ1) is 20.6. The quantitative estimate of drug-likeness (QED) is 0.343. The van der Waals surface area contributed by atoms with Gasteiger partial charge in [-0.2, -0.15) is 5.26 Å². The maximum Gasteiger partial charge on any atom is 0.355 e. The third kappa shape index (κ3) is 5.68. The van der Waals surface area contributed by atoms with Gasteiger partial charge in [0, 0.05) is 17.8 Å². The molecular formula is C30H28N4O8S. The molecule has 1 unspecified atom stereocenters. The Bertz CT molecular complexity index is 1760. The number of nitriles is 1. The Kier molecular flexibility index (Phi) is 8.92. The number of esters is 2. The van der Waals surface area contributed by atoms with E-state index < -0.39 is 27.9 Å². The van der Waals surface area contributed by atoms with E-state index in [1.54, 1.807) is 60.7 Å². The molecule has 1 aliphatic heterocycles. The predicted octanol–water partition coefficient (Wildman–Crippen LogP) is 3.40. The Labute approximate surface area is 248 Å². The van der Waals surface area contributed by atoms with Gasteiger partial charge in [0.15, 0.2) is 0 Å². The SMILES string of the molecule is COC(=O)C1=C(C(=O)OC)N(c2cc(OC)c(S(=O)(=O)Nc3ccccc3)cc2OC)C(N)=C(C#N)C1c1ccccc1. The molecule has 0 saturated heterocycles. The first-order valence-corrected chi connectivity index (χ1v) is 14.1. The zero-order valence-corrected chi connectivity index (χ0v) is 24.5. The summed E-state index contributed by atoms with van der Waals surface area (Å²) in [5.74, 6) is -3.46. The van der Waals surface area contributed by atoms with Crippen LogP contribution in [-0.4, -0.2) is 48.8 Å². The number of para-hydroxylation sites is 1. The number of hydrogen-bond acceptors (Lipinski definition) is 11. The minimum absolute atomic E-state index is 0.0171. The molecule has 3 N–H and O–H groups in total. The first-order valence-electron chi connectivity index (χ1n) is 12.6. The molecule has 13 heteroatoms. The summed E-state index contributed by atoms with van der Waals surface area (Å²) in [5.41, 5.74) is 6.69. The molecule has 4 rings (SSSR count). The molecule has 1 heterocycles. The van der Waals surface area contributed by atoms with Crippen molar-refractivity contribution in [3.63, 3.8) is 0 Å². The van der Waals surface area contributed by atoms with Crippen LogP contribution in [0.5, 0.6) is 11.5 Å². The van der Waals surface area contributed by atoms with E-state index >= 15 is 0 Å². The third-order valence-corrected chi connectivity index (χ3v) is 8.03. The molecule has 0 spiro atoms. The van der Waals surface area contributed by atoms with Gasteiger partial charge in [-0.25, -0.2) is 18.0 Å². The fraction of sp³-hybridized carbons (Fsp3) is 0.167. The highest BCUT2D eigenvalue weighted by Gasteiger charge is 2.44. The number of ether oxygens (including phenoxy) is 4. The Morgan fingerprint density at radius 1 is 0.884 bits per heavy atom. The van der Waals surface area contributed by atoms with Gasteiger partial charge in [0.1, 0.15) is 27.9 Å². The van der Waals surface area contributed by atoms with Crippen molar-refractivity contribution in [3.05, 3.63) is 101 Å². The van der Waals surface area contributed by atoms with Gasteiger partial charge in [-0.3, -0.25) is 9.62 Å². The van der Waals surface area contributed by atoms with E-state index in [0.29, 0.717) is 11.3 Å². The highest BCUT2D eigenvalue weighted by Crippen LogP contribution is 2.47. The number of methoxy groups -OCH3 is 4. The molecule has 0 fully saturated rings. The van der Waals surface area contributed by atoms with Crippen LogP contribution in [0.4, 0.5) is 11.4 Å². The number of hydrogen-bond donors (Lipinski definition) is 2. The average Bonchev–Trinajstić information content (AvgIpc) is 3.03. The van der Waals surface area contributed by atoms with E-state index in [0.717, 1.165) is 19.1 Å². The molecule has 0 aromatic heterocycles. The van der Waals surface area contributed by atoms with E-state index in [1.807, 2.05) is 0 Å². The molecule has 3 aromatic rings. The number of anilines is 2. The lowest BCUT2D eigenvalue weighted by atomic mass is 9.81. The smallest absolute Gasteiger partial charge is 0.355 e. The second kappa shape index (κ2) is 12.6. The monoisotopic (exact) mass is 604 g/mol. The van der Waals surface area contributed by atoms with Crippen molar-refractivity contribution in [3.8, 4) is 17.6 Å². The Hall–Kier alpha value is -5.48. The van der Waals surface area contributed by atoms with E-state index in [4.69, 9.17) is 24.7 Å². The van der Waals surface area contributed by atoms with Crippen LogP contribution < -0.4 is 24.8 Å². The summed E-state index contributed by atoms with van der Waals surface area (Å²) in [6.45, 7) is 0. The van der Waals surface area contributed by atoms with Crippen LogP contribution in [0, 0.1) is 11.3 Å². The minimum atomic E-state index is -4.22. The highest BCUT2D eigenvalue weighted by molar-refractivity contribution is 7.92. The summed E-state index contributed by atoms with van der Waals surface area (Å²) < 4.78 is 50.4. The fourth-order valence-electron chi connectivity index (χ4n) is 4.72. The zero-order chi connectivity index (χ0) is 31.3. The predicted molar refractivity (Wildman–Crippen MR) is 156 cm³/mol. The van der Waals surface area contributed by atoms with E-state index in [9.17, 15) is 23.3 Å². The molecule has 43 heavy (non-hydrogen) atoms. The van der Waals surface area contributed by atoms with E-state index in [1.165, 1.54) is 26.4 Å². The van der Waals surface area contributed by atoms with Gasteiger partial charge in [-0.05, 0) is 17.7 Å². The normalized spacial score (nSPS) is 15.0. The van der Waals surface area contributed by atoms with Gasteiger partial charge in [-0.15, -0.1) is 0 Å². The molecule has 222 valence electrons. The van der Waals surface area contributed by atoms with Crippen molar-refractivity contribution in [1.29, 1.82) is 5.26 Å². The first kappa shape index (κ1) is 30.5. The van der Waals surface area contributed by atoms with Gasteiger partial charge in [0.25, 0.3) is 10.0 Å². The van der Waals surface area contributed by atoms with Crippen LogP contribution in [0.15, 0.2) is 100 Å². The molecule has 1 atom stereocenters. The van der Waals surface area contributed by atoms with Gasteiger partial charge in [0.05, 0.1) is 57.3 Å². The maximum absolute atomic E-state index is 13.4. The summed E-state index contributed by atoms with van der Waals surface area (Å²) in [4.78, 5) is 27.5. The molecular weight excluding hydrogens is 576 g/mol. The summed E-state index contributed by atoms with van der Waals surface area (Å²) in [6, 6.07) is 21.2. The number of nitrogens with one attached hydrogen (secondary N) is 1. The number of sulfonamides is 1. The highest BCUT2D eigenvalue weighted by atomic mass is 32.2. The van der Waals surface area contributed by atoms with E-state index in [2.05, 4.69) is 10.8 Å². The largest absolute Gasteiger partial charge is 0.495 e. The summed E-state index contributed by atoms with van der Waals surface area (Å²) in [6.07, 6.45) is 0. The molecule has 0 saturated carbocycles. The lowest BCUT2D eigenvalue weighted by Gasteiger charge is -2.36. The van der Waals surface area contributed by atoms with Crippen molar-refractivity contribution >= 4 is 33.3 Å². The zero-order valence-electron chi connectivity index (χ0n) is 23.7. The average molecular weight is 605 g/mol. The number of benzene rings is 3. The molecule has 1 aliphatic rings. The van der Waals surface area contributed by atoms with Crippen molar-refractivity contribution in [2.45, 2.75) is 10.8 Å². The van der Waals surface area contributed by atoms with Crippen LogP contribution in [0.3, 0.4) is 0 Å². The summed E-state index contributed by atoms with van der Waals surface area (Å²) in [7, 11) is 0.557. The van der Waals surface area contributed by atoms with Crippen LogP contribution in [0.25, 0.3) is 0 Å².